The van der Waals surface area contributed by atoms with Crippen molar-refractivity contribution >= 4 is 11.6 Å². The van der Waals surface area contributed by atoms with Gasteiger partial charge in [0.1, 0.15) is 5.82 Å². The Kier molecular flexibility index (Phi) is 5.79. The number of imidazole rings is 1. The fraction of sp³-hybridized carbons (Fsp3) is 0.304. The van der Waals surface area contributed by atoms with Crippen LogP contribution >= 0.6 is 0 Å². The van der Waals surface area contributed by atoms with E-state index in [2.05, 4.69) is 16.1 Å². The van der Waals surface area contributed by atoms with Gasteiger partial charge in [0, 0.05) is 30.4 Å². The van der Waals surface area contributed by atoms with Crippen molar-refractivity contribution in [1.82, 2.24) is 9.55 Å². The summed E-state index contributed by atoms with van der Waals surface area (Å²) in [7, 11) is 0. The molecule has 0 saturated carbocycles. The van der Waals surface area contributed by atoms with E-state index < -0.39 is 0 Å². The maximum Gasteiger partial charge on any atom is 0.262 e. The van der Waals surface area contributed by atoms with Gasteiger partial charge in [0.2, 0.25) is 0 Å². The lowest BCUT2D eigenvalue weighted by molar-refractivity contribution is -0.118. The Morgan fingerprint density at radius 3 is 2.55 bits per heavy atom. The molecule has 1 N–H and O–H groups in total. The van der Waals surface area contributed by atoms with Crippen molar-refractivity contribution in [1.29, 1.82) is 0 Å². The van der Waals surface area contributed by atoms with E-state index in [-0.39, 0.29) is 12.5 Å². The molecule has 2 heterocycles. The number of para-hydroxylation sites is 2. The lowest BCUT2D eigenvalue weighted by Gasteiger charge is -2.11. The maximum atomic E-state index is 12.2. The summed E-state index contributed by atoms with van der Waals surface area (Å²) in [5.41, 5.74) is 2.76. The molecule has 0 atom stereocenters. The second kappa shape index (κ2) is 8.82. The number of amides is 1. The average molecular weight is 391 g/mol. The number of aromatic nitrogens is 2. The summed E-state index contributed by atoms with van der Waals surface area (Å²) in [6.07, 6.45) is 5.58. The van der Waals surface area contributed by atoms with E-state index in [0.29, 0.717) is 18.1 Å². The first-order chi connectivity index (χ1) is 14.2. The molecule has 0 spiro atoms. The highest BCUT2D eigenvalue weighted by Gasteiger charge is 2.13. The topological polar surface area (TPSA) is 65.4 Å². The number of carbonyl (C=O) groups excluding carboxylic acids is 1. The molecule has 0 saturated heterocycles. The van der Waals surface area contributed by atoms with Gasteiger partial charge in [-0.1, -0.05) is 24.3 Å². The molecule has 0 bridgehead atoms. The molecule has 0 unspecified atom stereocenters. The molecule has 2 aromatic carbocycles. The van der Waals surface area contributed by atoms with Crippen LogP contribution in [-0.4, -0.2) is 28.7 Å². The molecule has 0 radical (unpaired) electrons. The van der Waals surface area contributed by atoms with Crippen molar-refractivity contribution in [2.75, 3.05) is 18.5 Å². The van der Waals surface area contributed by atoms with Gasteiger partial charge in [0.25, 0.3) is 5.91 Å². The van der Waals surface area contributed by atoms with Crippen LogP contribution in [0, 0.1) is 0 Å². The minimum absolute atomic E-state index is 0.0837. The number of hydrogen-bond donors (Lipinski definition) is 1. The molecule has 0 fully saturated rings. The summed E-state index contributed by atoms with van der Waals surface area (Å²) < 4.78 is 13.4. The first-order valence-electron chi connectivity index (χ1n) is 10.0. The Morgan fingerprint density at radius 1 is 1.07 bits per heavy atom. The van der Waals surface area contributed by atoms with Gasteiger partial charge in [0.05, 0.1) is 12.3 Å². The Morgan fingerprint density at radius 2 is 1.83 bits per heavy atom. The molecule has 0 aliphatic carbocycles. The summed E-state index contributed by atoms with van der Waals surface area (Å²) in [5.74, 6) is 2.13. The lowest BCUT2D eigenvalue weighted by atomic mass is 10.1. The van der Waals surface area contributed by atoms with Crippen LogP contribution in [-0.2, 0) is 17.8 Å². The second-order valence-electron chi connectivity index (χ2n) is 6.99. The smallest absolute Gasteiger partial charge is 0.262 e. The van der Waals surface area contributed by atoms with Crippen LogP contribution in [0.5, 0.6) is 11.5 Å². The van der Waals surface area contributed by atoms with E-state index in [9.17, 15) is 4.79 Å². The zero-order valence-corrected chi connectivity index (χ0v) is 16.6. The van der Waals surface area contributed by atoms with Crippen molar-refractivity contribution in [3.05, 3.63) is 60.6 Å². The average Bonchev–Trinajstić information content (AvgIpc) is 3.18. The number of ether oxygens (including phenoxy) is 2. The van der Waals surface area contributed by atoms with Gasteiger partial charge >= 0.3 is 0 Å². The van der Waals surface area contributed by atoms with Crippen molar-refractivity contribution in [2.24, 2.45) is 0 Å². The zero-order valence-electron chi connectivity index (χ0n) is 16.6. The Labute approximate surface area is 170 Å². The number of anilines is 1. The molecule has 6 heteroatoms. The van der Waals surface area contributed by atoms with Gasteiger partial charge in [-0.05, 0) is 44.0 Å². The van der Waals surface area contributed by atoms with Gasteiger partial charge in [0.15, 0.2) is 18.1 Å². The van der Waals surface area contributed by atoms with E-state index >= 15 is 0 Å². The van der Waals surface area contributed by atoms with Crippen molar-refractivity contribution in [3.8, 4) is 22.8 Å². The number of hydrogen-bond acceptors (Lipinski definition) is 4. The van der Waals surface area contributed by atoms with Gasteiger partial charge in [-0.15, -0.1) is 0 Å². The summed E-state index contributed by atoms with van der Waals surface area (Å²) in [6, 6.07) is 15.1. The molecular formula is C23H25N3O3. The Hall–Kier alpha value is -3.28. The Bertz CT molecular complexity index is 956. The predicted octanol–water partition coefficient (Wildman–Crippen LogP) is 4.30. The van der Waals surface area contributed by atoms with Crippen LogP contribution in [0.3, 0.4) is 0 Å². The molecule has 150 valence electrons. The van der Waals surface area contributed by atoms with Crippen LogP contribution in [0.15, 0.2) is 54.7 Å². The summed E-state index contributed by atoms with van der Waals surface area (Å²) in [5, 5.41) is 2.86. The van der Waals surface area contributed by atoms with Gasteiger partial charge < -0.3 is 19.4 Å². The third kappa shape index (κ3) is 4.59. The number of fused-ring (bicyclic) bond motifs is 1. The molecule has 29 heavy (non-hydrogen) atoms. The summed E-state index contributed by atoms with van der Waals surface area (Å²) >= 11 is 0. The van der Waals surface area contributed by atoms with Crippen molar-refractivity contribution in [2.45, 2.75) is 32.7 Å². The quantitative estimate of drug-likeness (QED) is 0.652. The lowest BCUT2D eigenvalue weighted by Crippen LogP contribution is -2.20. The molecule has 1 aliphatic heterocycles. The fourth-order valence-electron chi connectivity index (χ4n) is 3.46. The standard InChI is InChI=1S/C23H25N3O3/c1-2-28-20-7-3-4-8-21(20)29-16-23(27)24-18-12-10-17(11-13-18)19-15-26-14-6-5-9-22(26)25-19/h3-4,7-8,10-13,15H,2,5-6,9,14,16H2,1H3,(H,24,27). The van der Waals surface area contributed by atoms with Crippen molar-refractivity contribution < 1.29 is 14.3 Å². The first kappa shape index (κ1) is 19.1. The highest BCUT2D eigenvalue weighted by Crippen LogP contribution is 2.26. The molecule has 1 amide bonds. The highest BCUT2D eigenvalue weighted by atomic mass is 16.5. The highest BCUT2D eigenvalue weighted by molar-refractivity contribution is 5.92. The minimum atomic E-state index is -0.221. The third-order valence-corrected chi connectivity index (χ3v) is 4.88. The number of rotatable bonds is 7. The second-order valence-corrected chi connectivity index (χ2v) is 6.99. The number of nitrogens with zero attached hydrogens (tertiary/aromatic N) is 2. The zero-order chi connectivity index (χ0) is 20.1. The van der Waals surface area contributed by atoms with E-state index in [1.54, 1.807) is 6.07 Å². The summed E-state index contributed by atoms with van der Waals surface area (Å²) in [4.78, 5) is 17.0. The molecule has 3 aromatic rings. The first-order valence-corrected chi connectivity index (χ1v) is 10.0. The summed E-state index contributed by atoms with van der Waals surface area (Å²) in [6.45, 7) is 3.41. The van der Waals surface area contributed by atoms with Gasteiger partial charge in [-0.3, -0.25) is 4.79 Å². The van der Waals surface area contributed by atoms with E-state index in [1.807, 2.05) is 49.4 Å². The van der Waals surface area contributed by atoms with Crippen LogP contribution < -0.4 is 14.8 Å². The molecule has 1 aliphatic rings. The Balaban J connectivity index is 1.35. The minimum Gasteiger partial charge on any atom is -0.490 e. The molecular weight excluding hydrogens is 366 g/mol. The largest absolute Gasteiger partial charge is 0.490 e. The number of nitrogens with one attached hydrogen (secondary N) is 1. The number of carbonyl (C=O) groups is 1. The fourth-order valence-corrected chi connectivity index (χ4v) is 3.46. The number of benzene rings is 2. The van der Waals surface area contributed by atoms with Crippen LogP contribution in [0.25, 0.3) is 11.3 Å². The number of aryl methyl sites for hydroxylation is 2. The predicted molar refractivity (Wildman–Crippen MR) is 112 cm³/mol. The normalized spacial score (nSPS) is 12.9. The van der Waals surface area contributed by atoms with Crippen molar-refractivity contribution in [3.63, 3.8) is 0 Å². The van der Waals surface area contributed by atoms with E-state index in [0.717, 1.165) is 35.7 Å². The van der Waals surface area contributed by atoms with Crippen LogP contribution in [0.2, 0.25) is 0 Å². The van der Waals surface area contributed by atoms with Crippen LogP contribution in [0.1, 0.15) is 25.6 Å². The van der Waals surface area contributed by atoms with E-state index in [1.165, 1.54) is 12.8 Å². The van der Waals surface area contributed by atoms with E-state index in [4.69, 9.17) is 14.5 Å². The SMILES string of the molecule is CCOc1ccccc1OCC(=O)Nc1ccc(-c2cn3c(n2)CCCC3)cc1. The van der Waals surface area contributed by atoms with Crippen LogP contribution in [0.4, 0.5) is 5.69 Å². The molecule has 1 aromatic heterocycles. The maximum absolute atomic E-state index is 12.2. The molecule has 6 nitrogen and oxygen atoms in total. The third-order valence-electron chi connectivity index (χ3n) is 4.88. The van der Waals surface area contributed by atoms with Gasteiger partial charge in [-0.25, -0.2) is 4.98 Å². The monoisotopic (exact) mass is 391 g/mol. The molecule has 4 rings (SSSR count). The van der Waals surface area contributed by atoms with Gasteiger partial charge in [-0.2, -0.15) is 0 Å².